The molecule has 4 nitrogen and oxygen atoms in total. The van der Waals surface area contributed by atoms with Gasteiger partial charge in [0.05, 0.1) is 11.0 Å². The fourth-order valence-corrected chi connectivity index (χ4v) is 2.00. The number of carbonyl (C=O) groups excluding carboxylic acids is 1. The van der Waals surface area contributed by atoms with Gasteiger partial charge in [-0.05, 0) is 37.6 Å². The zero-order chi connectivity index (χ0) is 15.5. The number of benzene rings is 2. The molecule has 2 rings (SSSR count). The van der Waals surface area contributed by atoms with E-state index in [-0.39, 0.29) is 11.5 Å². The van der Waals surface area contributed by atoms with Crippen LogP contribution in [0.15, 0.2) is 54.6 Å². The number of carboxylic acid groups (broad SMARTS) is 1. The van der Waals surface area contributed by atoms with Crippen LogP contribution in [0.3, 0.4) is 0 Å². The van der Waals surface area contributed by atoms with E-state index >= 15 is 0 Å². The molecule has 0 radical (unpaired) electrons. The Labute approximate surface area is 123 Å². The number of carbonyl (C=O) groups is 2. The SMILES string of the molecule is CC(C)(C(=O)Nc1cccc(C(=O)O)c1)c1ccccc1. The van der Waals surface area contributed by atoms with Crippen LogP contribution in [0.1, 0.15) is 29.8 Å². The zero-order valence-electron chi connectivity index (χ0n) is 12.0. The van der Waals surface area contributed by atoms with Gasteiger partial charge in [0.1, 0.15) is 0 Å². The Hall–Kier alpha value is -2.62. The van der Waals surface area contributed by atoms with Gasteiger partial charge in [-0.15, -0.1) is 0 Å². The normalized spacial score (nSPS) is 11.0. The second-order valence-electron chi connectivity index (χ2n) is 5.33. The van der Waals surface area contributed by atoms with Gasteiger partial charge in [0, 0.05) is 5.69 Å². The predicted octanol–water partition coefficient (Wildman–Crippen LogP) is 3.30. The minimum absolute atomic E-state index is 0.144. The molecule has 0 aliphatic carbocycles. The Morgan fingerprint density at radius 1 is 1.00 bits per heavy atom. The fraction of sp³-hybridized carbons (Fsp3) is 0.176. The maximum absolute atomic E-state index is 12.5. The van der Waals surface area contributed by atoms with E-state index in [2.05, 4.69) is 5.32 Å². The summed E-state index contributed by atoms with van der Waals surface area (Å²) in [6.07, 6.45) is 0. The van der Waals surface area contributed by atoms with Gasteiger partial charge in [-0.25, -0.2) is 4.79 Å². The Bertz CT molecular complexity index is 663. The highest BCUT2D eigenvalue weighted by Gasteiger charge is 2.29. The van der Waals surface area contributed by atoms with Gasteiger partial charge in [0.15, 0.2) is 0 Å². The first-order valence-corrected chi connectivity index (χ1v) is 6.61. The second-order valence-corrected chi connectivity index (χ2v) is 5.33. The van der Waals surface area contributed by atoms with E-state index in [1.165, 1.54) is 12.1 Å². The standard InChI is InChI=1S/C17H17NO3/c1-17(2,13-8-4-3-5-9-13)16(21)18-14-10-6-7-12(11-14)15(19)20/h3-11H,1-2H3,(H,18,21)(H,19,20). The molecule has 2 aromatic rings. The van der Waals surface area contributed by atoms with Crippen molar-refractivity contribution >= 4 is 17.6 Å². The molecule has 0 spiro atoms. The van der Waals surface area contributed by atoms with Crippen LogP contribution in [0.2, 0.25) is 0 Å². The van der Waals surface area contributed by atoms with Gasteiger partial charge in [-0.3, -0.25) is 4.79 Å². The maximum atomic E-state index is 12.5. The predicted molar refractivity (Wildman–Crippen MR) is 81.5 cm³/mol. The molecule has 0 atom stereocenters. The molecule has 0 aromatic heterocycles. The van der Waals surface area contributed by atoms with Gasteiger partial charge in [0.25, 0.3) is 0 Å². The maximum Gasteiger partial charge on any atom is 0.335 e. The Balaban J connectivity index is 2.21. The Morgan fingerprint density at radius 2 is 1.67 bits per heavy atom. The number of nitrogens with one attached hydrogen (secondary N) is 1. The van der Waals surface area contributed by atoms with Crippen LogP contribution in [0.25, 0.3) is 0 Å². The Morgan fingerprint density at radius 3 is 2.29 bits per heavy atom. The molecule has 0 bridgehead atoms. The fourth-order valence-electron chi connectivity index (χ4n) is 2.00. The van der Waals surface area contributed by atoms with E-state index in [4.69, 9.17) is 5.11 Å². The average molecular weight is 283 g/mol. The van der Waals surface area contributed by atoms with Crippen LogP contribution in [0.5, 0.6) is 0 Å². The molecule has 0 unspecified atom stereocenters. The van der Waals surface area contributed by atoms with Gasteiger partial charge < -0.3 is 10.4 Å². The molecule has 2 N–H and O–H groups in total. The van der Waals surface area contributed by atoms with E-state index in [0.717, 1.165) is 5.56 Å². The van der Waals surface area contributed by atoms with E-state index in [1.807, 2.05) is 44.2 Å². The van der Waals surface area contributed by atoms with E-state index in [9.17, 15) is 9.59 Å². The minimum Gasteiger partial charge on any atom is -0.478 e. The van der Waals surface area contributed by atoms with Crippen molar-refractivity contribution in [3.8, 4) is 0 Å². The molecule has 4 heteroatoms. The number of amides is 1. The van der Waals surface area contributed by atoms with Crippen LogP contribution < -0.4 is 5.32 Å². The number of aromatic carboxylic acids is 1. The molecule has 1 amide bonds. The first-order valence-electron chi connectivity index (χ1n) is 6.61. The third kappa shape index (κ3) is 3.28. The third-order valence-corrected chi connectivity index (χ3v) is 3.43. The van der Waals surface area contributed by atoms with Crippen LogP contribution in [-0.2, 0) is 10.2 Å². The highest BCUT2D eigenvalue weighted by Crippen LogP contribution is 2.25. The van der Waals surface area contributed by atoms with Crippen LogP contribution >= 0.6 is 0 Å². The summed E-state index contributed by atoms with van der Waals surface area (Å²) in [6, 6.07) is 15.7. The molecule has 0 fully saturated rings. The summed E-state index contributed by atoms with van der Waals surface area (Å²) in [5.74, 6) is -1.20. The van der Waals surface area contributed by atoms with Crippen molar-refractivity contribution in [3.63, 3.8) is 0 Å². The van der Waals surface area contributed by atoms with Crippen LogP contribution in [0, 0.1) is 0 Å². The molecule has 108 valence electrons. The molecule has 21 heavy (non-hydrogen) atoms. The van der Waals surface area contributed by atoms with E-state index < -0.39 is 11.4 Å². The van der Waals surface area contributed by atoms with Crippen LogP contribution in [-0.4, -0.2) is 17.0 Å². The average Bonchev–Trinajstić information content (AvgIpc) is 2.48. The molecular formula is C17H17NO3. The lowest BCUT2D eigenvalue weighted by atomic mass is 9.83. The zero-order valence-corrected chi connectivity index (χ0v) is 12.0. The van der Waals surface area contributed by atoms with Crippen molar-refractivity contribution in [3.05, 3.63) is 65.7 Å². The molecule has 0 aliphatic rings. The third-order valence-electron chi connectivity index (χ3n) is 3.43. The van der Waals surface area contributed by atoms with Crippen molar-refractivity contribution in [1.82, 2.24) is 0 Å². The second kappa shape index (κ2) is 5.79. The number of carboxylic acids is 1. The van der Waals surface area contributed by atoms with Crippen molar-refractivity contribution in [2.75, 3.05) is 5.32 Å². The summed E-state index contributed by atoms with van der Waals surface area (Å²) in [7, 11) is 0. The van der Waals surface area contributed by atoms with Crippen molar-refractivity contribution < 1.29 is 14.7 Å². The number of anilines is 1. The monoisotopic (exact) mass is 283 g/mol. The lowest BCUT2D eigenvalue weighted by molar-refractivity contribution is -0.120. The highest BCUT2D eigenvalue weighted by molar-refractivity contribution is 5.99. The summed E-state index contributed by atoms with van der Waals surface area (Å²) < 4.78 is 0. The lowest BCUT2D eigenvalue weighted by Gasteiger charge is -2.24. The number of hydrogen-bond donors (Lipinski definition) is 2. The summed E-state index contributed by atoms with van der Waals surface area (Å²) in [4.78, 5) is 23.4. The lowest BCUT2D eigenvalue weighted by Crippen LogP contribution is -2.34. The quantitative estimate of drug-likeness (QED) is 0.904. The molecule has 2 aromatic carbocycles. The van der Waals surface area contributed by atoms with E-state index in [0.29, 0.717) is 5.69 Å². The molecule has 0 saturated carbocycles. The summed E-state index contributed by atoms with van der Waals surface area (Å²) in [5, 5.41) is 11.7. The topological polar surface area (TPSA) is 66.4 Å². The summed E-state index contributed by atoms with van der Waals surface area (Å²) in [6.45, 7) is 3.66. The van der Waals surface area contributed by atoms with Gasteiger partial charge in [0.2, 0.25) is 5.91 Å². The summed E-state index contributed by atoms with van der Waals surface area (Å²) >= 11 is 0. The van der Waals surface area contributed by atoms with Gasteiger partial charge >= 0.3 is 5.97 Å². The van der Waals surface area contributed by atoms with Crippen molar-refractivity contribution in [2.24, 2.45) is 0 Å². The minimum atomic E-state index is -1.02. The smallest absolute Gasteiger partial charge is 0.335 e. The van der Waals surface area contributed by atoms with Crippen molar-refractivity contribution in [2.45, 2.75) is 19.3 Å². The van der Waals surface area contributed by atoms with Crippen LogP contribution in [0.4, 0.5) is 5.69 Å². The molecule has 0 aliphatic heterocycles. The molecule has 0 saturated heterocycles. The summed E-state index contributed by atoms with van der Waals surface area (Å²) in [5.41, 5.74) is 0.812. The van der Waals surface area contributed by atoms with E-state index in [1.54, 1.807) is 12.1 Å². The Kier molecular flexibility index (Phi) is 4.08. The highest BCUT2D eigenvalue weighted by atomic mass is 16.4. The van der Waals surface area contributed by atoms with Gasteiger partial charge in [-0.1, -0.05) is 36.4 Å². The number of rotatable bonds is 4. The molecule has 0 heterocycles. The largest absolute Gasteiger partial charge is 0.478 e. The first-order chi connectivity index (χ1) is 9.91. The first kappa shape index (κ1) is 14.8. The number of hydrogen-bond acceptors (Lipinski definition) is 2. The van der Waals surface area contributed by atoms with Gasteiger partial charge in [-0.2, -0.15) is 0 Å². The molecular weight excluding hydrogens is 266 g/mol. The van der Waals surface area contributed by atoms with Crippen molar-refractivity contribution in [1.29, 1.82) is 0 Å².